The van der Waals surface area contributed by atoms with E-state index in [0.29, 0.717) is 29.9 Å². The van der Waals surface area contributed by atoms with Crippen molar-refractivity contribution in [3.8, 4) is 0 Å². The summed E-state index contributed by atoms with van der Waals surface area (Å²) in [7, 11) is 0. The van der Waals surface area contributed by atoms with Crippen LogP contribution in [0.25, 0.3) is 10.8 Å². The predicted molar refractivity (Wildman–Crippen MR) is 110 cm³/mol. The minimum absolute atomic E-state index is 0.332. The number of esters is 2. The molecule has 0 fully saturated rings. The number of fused-ring (bicyclic) bond motifs is 1. The maximum Gasteiger partial charge on any atom is 0.373 e. The first-order chi connectivity index (χ1) is 14.5. The fourth-order valence-electron chi connectivity index (χ4n) is 2.62. The Hall–Kier alpha value is -3.71. The van der Waals surface area contributed by atoms with E-state index in [9.17, 15) is 14.4 Å². The molecule has 0 bridgehead atoms. The third-order valence-electron chi connectivity index (χ3n) is 4.00. The van der Waals surface area contributed by atoms with Crippen LogP contribution in [0.4, 0.5) is 0 Å². The summed E-state index contributed by atoms with van der Waals surface area (Å²) in [4.78, 5) is 37.5. The number of carbonyl (C=O) groups excluding carboxylic acids is 3. The first-order valence-electron chi connectivity index (χ1n) is 9.29. The van der Waals surface area contributed by atoms with Crippen molar-refractivity contribution in [3.05, 3.63) is 83.4 Å². The summed E-state index contributed by atoms with van der Waals surface area (Å²) >= 11 is 0. The minimum atomic E-state index is -0.734. The molecule has 156 valence electrons. The lowest BCUT2D eigenvalue weighted by Gasteiger charge is -2.03. The summed E-state index contributed by atoms with van der Waals surface area (Å²) in [5.74, 6) is -1.52. The van der Waals surface area contributed by atoms with Gasteiger partial charge in [-0.15, -0.1) is 0 Å². The molecule has 7 nitrogen and oxygen atoms in total. The monoisotopic (exact) mass is 410 g/mol. The Balaban J connectivity index is 0.000000215. The van der Waals surface area contributed by atoms with Crippen molar-refractivity contribution in [2.24, 2.45) is 0 Å². The van der Waals surface area contributed by atoms with E-state index in [0.717, 1.165) is 10.8 Å². The van der Waals surface area contributed by atoms with Gasteiger partial charge in [0, 0.05) is 0 Å². The van der Waals surface area contributed by atoms with Gasteiger partial charge < -0.3 is 9.47 Å². The van der Waals surface area contributed by atoms with Gasteiger partial charge in [0.15, 0.2) is 0 Å². The van der Waals surface area contributed by atoms with Crippen molar-refractivity contribution < 1.29 is 34.0 Å². The molecular formula is C23H22O7. The molecule has 7 heteroatoms. The molecule has 0 aliphatic rings. The average Bonchev–Trinajstić information content (AvgIpc) is 2.79. The van der Waals surface area contributed by atoms with Crippen LogP contribution in [-0.4, -0.2) is 36.4 Å². The number of hydrogen-bond acceptors (Lipinski definition) is 7. The maximum absolute atomic E-state index is 11.3. The van der Waals surface area contributed by atoms with Crippen LogP contribution in [0.15, 0.2) is 66.7 Å². The Morgan fingerprint density at radius 1 is 0.700 bits per heavy atom. The predicted octanol–water partition coefficient (Wildman–Crippen LogP) is 4.51. The number of carbonyl (C=O) groups is 3. The average molecular weight is 410 g/mol. The molecule has 30 heavy (non-hydrogen) atoms. The zero-order valence-corrected chi connectivity index (χ0v) is 16.7. The van der Waals surface area contributed by atoms with E-state index < -0.39 is 17.9 Å². The summed E-state index contributed by atoms with van der Waals surface area (Å²) in [5, 5.41) is 10.0. The van der Waals surface area contributed by atoms with E-state index in [1.54, 1.807) is 50.2 Å². The second kappa shape index (κ2) is 11.3. The van der Waals surface area contributed by atoms with E-state index in [4.69, 9.17) is 14.7 Å². The van der Waals surface area contributed by atoms with E-state index in [-0.39, 0.29) is 0 Å². The Morgan fingerprint density at radius 2 is 1.20 bits per heavy atom. The minimum Gasteiger partial charge on any atom is -0.462 e. The van der Waals surface area contributed by atoms with Gasteiger partial charge in [0.1, 0.15) is 0 Å². The lowest BCUT2D eigenvalue weighted by molar-refractivity contribution is -0.182. The van der Waals surface area contributed by atoms with Gasteiger partial charge in [-0.1, -0.05) is 36.4 Å². The van der Waals surface area contributed by atoms with Crippen LogP contribution in [-0.2, 0) is 14.4 Å². The van der Waals surface area contributed by atoms with Crippen molar-refractivity contribution in [3.63, 3.8) is 0 Å². The molecular weight excluding hydrogens is 388 g/mol. The fourth-order valence-corrected chi connectivity index (χ4v) is 2.62. The van der Waals surface area contributed by atoms with Crippen LogP contribution in [0.3, 0.4) is 0 Å². The molecule has 0 unspecified atom stereocenters. The molecule has 0 aliphatic carbocycles. The third kappa shape index (κ3) is 5.89. The van der Waals surface area contributed by atoms with Crippen molar-refractivity contribution in [1.82, 2.24) is 0 Å². The summed E-state index contributed by atoms with van der Waals surface area (Å²) in [5.41, 5.74) is 1.22. The van der Waals surface area contributed by atoms with E-state index in [2.05, 4.69) is 4.89 Å². The zero-order chi connectivity index (χ0) is 21.9. The largest absolute Gasteiger partial charge is 0.462 e. The molecule has 0 amide bonds. The lowest BCUT2D eigenvalue weighted by atomic mass is 10.1. The first-order valence-corrected chi connectivity index (χ1v) is 9.29. The number of rotatable bonds is 5. The molecule has 1 N–H and O–H groups in total. The van der Waals surface area contributed by atoms with Crippen molar-refractivity contribution in [1.29, 1.82) is 0 Å². The van der Waals surface area contributed by atoms with Gasteiger partial charge in [-0.25, -0.2) is 14.4 Å². The van der Waals surface area contributed by atoms with Gasteiger partial charge in [0.2, 0.25) is 0 Å². The smallest absolute Gasteiger partial charge is 0.373 e. The number of benzene rings is 3. The van der Waals surface area contributed by atoms with Crippen LogP contribution >= 0.6 is 0 Å². The highest BCUT2D eigenvalue weighted by Gasteiger charge is 2.10. The molecule has 0 aliphatic heterocycles. The molecule has 3 aromatic carbocycles. The zero-order valence-electron chi connectivity index (χ0n) is 16.7. The van der Waals surface area contributed by atoms with E-state index in [1.807, 2.05) is 30.3 Å². The van der Waals surface area contributed by atoms with Crippen molar-refractivity contribution in [2.45, 2.75) is 13.8 Å². The summed E-state index contributed by atoms with van der Waals surface area (Å²) < 4.78 is 9.64. The maximum atomic E-state index is 11.3. The highest BCUT2D eigenvalue weighted by atomic mass is 17.1. The Labute approximate surface area is 173 Å². The molecule has 0 spiro atoms. The van der Waals surface area contributed by atoms with Crippen LogP contribution in [0.5, 0.6) is 0 Å². The second-order valence-electron chi connectivity index (χ2n) is 5.92. The molecule has 0 saturated carbocycles. The van der Waals surface area contributed by atoms with Crippen LogP contribution < -0.4 is 0 Å². The molecule has 3 aromatic rings. The summed E-state index contributed by atoms with van der Waals surface area (Å²) in [6.07, 6.45) is 0. The normalized spacial score (nSPS) is 9.83. The third-order valence-corrected chi connectivity index (χ3v) is 4.00. The summed E-state index contributed by atoms with van der Waals surface area (Å²) in [6.45, 7) is 4.15. The topological polar surface area (TPSA) is 99.1 Å². The standard InChI is InChI=1S/C12H14O4.C11H8O3/c1-3-15-11(13)9-5-7-10(8-6-9)12(14)16-4-2;12-11(14-13)10-7-3-5-8-4-1-2-6-9(8)10/h5-8H,3-4H2,1-2H3;1-7,13H. The second-order valence-corrected chi connectivity index (χ2v) is 5.92. The van der Waals surface area contributed by atoms with Gasteiger partial charge in [0.25, 0.3) is 0 Å². The van der Waals surface area contributed by atoms with Crippen LogP contribution in [0.2, 0.25) is 0 Å². The van der Waals surface area contributed by atoms with Gasteiger partial charge in [-0.05, 0) is 55.0 Å². The van der Waals surface area contributed by atoms with Gasteiger partial charge in [-0.3, -0.25) is 4.89 Å². The van der Waals surface area contributed by atoms with E-state index >= 15 is 0 Å². The SMILES string of the molecule is CCOC(=O)c1ccc(C(=O)OCC)cc1.O=C(OO)c1cccc2ccccc12. The van der Waals surface area contributed by atoms with E-state index in [1.165, 1.54) is 0 Å². The van der Waals surface area contributed by atoms with Gasteiger partial charge in [-0.2, -0.15) is 5.26 Å². The molecule has 3 rings (SSSR count). The summed E-state index contributed by atoms with van der Waals surface area (Å²) in [6, 6.07) is 18.8. The van der Waals surface area contributed by atoms with Gasteiger partial charge in [0.05, 0.1) is 29.9 Å². The van der Waals surface area contributed by atoms with Crippen molar-refractivity contribution >= 4 is 28.7 Å². The molecule has 0 saturated heterocycles. The highest BCUT2D eigenvalue weighted by Crippen LogP contribution is 2.18. The Bertz CT molecular complexity index is 967. The van der Waals surface area contributed by atoms with Crippen molar-refractivity contribution in [2.75, 3.05) is 13.2 Å². The lowest BCUT2D eigenvalue weighted by Crippen LogP contribution is -2.07. The van der Waals surface area contributed by atoms with Crippen LogP contribution in [0, 0.1) is 0 Å². The first kappa shape index (κ1) is 22.6. The number of hydrogen-bond donors (Lipinski definition) is 1. The molecule has 0 atom stereocenters. The Morgan fingerprint density at radius 3 is 1.70 bits per heavy atom. The quantitative estimate of drug-likeness (QED) is 0.286. The molecule has 0 heterocycles. The number of ether oxygens (including phenoxy) is 2. The fraction of sp³-hybridized carbons (Fsp3) is 0.174. The molecule has 0 radical (unpaired) electrons. The van der Waals surface area contributed by atoms with Gasteiger partial charge >= 0.3 is 17.9 Å². The van der Waals surface area contributed by atoms with Crippen LogP contribution in [0.1, 0.15) is 44.9 Å². The highest BCUT2D eigenvalue weighted by molar-refractivity contribution is 6.04. The Kier molecular flexibility index (Phi) is 8.53. The molecule has 0 aromatic heterocycles.